The number of hydrogen-bond donors (Lipinski definition) is 0. The Morgan fingerprint density at radius 2 is 2.00 bits per heavy atom. The van der Waals surface area contributed by atoms with Crippen LogP contribution in [0.1, 0.15) is 43.4 Å². The first-order chi connectivity index (χ1) is 9.92. The van der Waals surface area contributed by atoms with Crippen molar-refractivity contribution in [2.24, 2.45) is 0 Å². The Morgan fingerprint density at radius 1 is 1.33 bits per heavy atom. The van der Waals surface area contributed by atoms with E-state index in [9.17, 15) is 0 Å². The van der Waals surface area contributed by atoms with E-state index in [1.807, 2.05) is 6.08 Å². The first-order valence-electron chi connectivity index (χ1n) is 7.72. The zero-order valence-corrected chi connectivity index (χ0v) is 14.1. The molecule has 0 aliphatic heterocycles. The Morgan fingerprint density at radius 3 is 2.52 bits per heavy atom. The quantitative estimate of drug-likeness (QED) is 0.580. The van der Waals surface area contributed by atoms with Gasteiger partial charge in [0.1, 0.15) is 0 Å². The van der Waals surface area contributed by atoms with Crippen LogP contribution in [0, 0.1) is 6.92 Å². The van der Waals surface area contributed by atoms with Crippen LogP contribution < -0.4 is 0 Å². The van der Waals surface area contributed by atoms with Gasteiger partial charge in [-0.05, 0) is 55.4 Å². The van der Waals surface area contributed by atoms with Gasteiger partial charge in [-0.1, -0.05) is 44.4 Å². The SMILES string of the molecule is C=CCCc1ccc(C(=C)C(C)N(C)C(=C)CC)cc1C. The Labute approximate surface area is 130 Å². The fourth-order valence-electron chi connectivity index (χ4n) is 2.43. The van der Waals surface area contributed by atoms with Crippen molar-refractivity contribution in [1.29, 1.82) is 0 Å². The fourth-order valence-corrected chi connectivity index (χ4v) is 2.43. The first kappa shape index (κ1) is 17.3. The number of aryl methyl sites for hydroxylation is 2. The van der Waals surface area contributed by atoms with Crippen LogP contribution in [0.5, 0.6) is 0 Å². The second kappa shape index (κ2) is 7.87. The van der Waals surface area contributed by atoms with Crippen molar-refractivity contribution in [2.75, 3.05) is 7.05 Å². The lowest BCUT2D eigenvalue weighted by Gasteiger charge is -2.30. The van der Waals surface area contributed by atoms with E-state index in [1.165, 1.54) is 16.7 Å². The van der Waals surface area contributed by atoms with Crippen LogP contribution >= 0.6 is 0 Å². The van der Waals surface area contributed by atoms with Gasteiger partial charge < -0.3 is 4.90 Å². The third-order valence-electron chi connectivity index (χ3n) is 4.32. The molecule has 0 aliphatic carbocycles. The molecule has 0 heterocycles. The molecule has 0 radical (unpaired) electrons. The molecule has 1 atom stereocenters. The zero-order chi connectivity index (χ0) is 16.0. The largest absolute Gasteiger partial charge is 0.372 e. The lowest BCUT2D eigenvalue weighted by molar-refractivity contribution is 0.373. The van der Waals surface area contributed by atoms with Gasteiger partial charge in [-0.15, -0.1) is 6.58 Å². The van der Waals surface area contributed by atoms with Gasteiger partial charge >= 0.3 is 0 Å². The van der Waals surface area contributed by atoms with Crippen molar-refractivity contribution in [2.45, 2.75) is 46.1 Å². The molecule has 114 valence electrons. The number of nitrogens with zero attached hydrogens (tertiary/aromatic N) is 1. The smallest absolute Gasteiger partial charge is 0.0507 e. The van der Waals surface area contributed by atoms with Gasteiger partial charge in [0.15, 0.2) is 0 Å². The molecular weight excluding hydrogens is 254 g/mol. The van der Waals surface area contributed by atoms with Gasteiger partial charge in [-0.3, -0.25) is 0 Å². The molecule has 0 bridgehead atoms. The zero-order valence-electron chi connectivity index (χ0n) is 14.1. The summed E-state index contributed by atoms with van der Waals surface area (Å²) in [7, 11) is 2.09. The minimum atomic E-state index is 0.260. The third-order valence-corrected chi connectivity index (χ3v) is 4.32. The number of likely N-dealkylation sites (N-methyl/N-ethyl adjacent to an activating group) is 1. The average Bonchev–Trinajstić information content (AvgIpc) is 2.50. The summed E-state index contributed by atoms with van der Waals surface area (Å²) in [6, 6.07) is 6.92. The van der Waals surface area contributed by atoms with Gasteiger partial charge in [0.2, 0.25) is 0 Å². The summed E-state index contributed by atoms with van der Waals surface area (Å²) >= 11 is 0. The molecule has 0 N–H and O–H groups in total. The molecule has 0 aromatic heterocycles. The van der Waals surface area contributed by atoms with Crippen LogP contribution in [0.15, 0.2) is 49.7 Å². The molecule has 0 amide bonds. The number of rotatable bonds is 8. The molecule has 0 saturated heterocycles. The van der Waals surface area contributed by atoms with E-state index in [1.54, 1.807) is 0 Å². The van der Waals surface area contributed by atoms with Gasteiger partial charge in [0.05, 0.1) is 6.04 Å². The Bertz CT molecular complexity index is 525. The lowest BCUT2D eigenvalue weighted by Crippen LogP contribution is -2.28. The van der Waals surface area contributed by atoms with Crippen molar-refractivity contribution in [3.8, 4) is 0 Å². The summed E-state index contributed by atoms with van der Waals surface area (Å²) in [5.74, 6) is 0. The minimum absolute atomic E-state index is 0.260. The Balaban J connectivity index is 2.90. The topological polar surface area (TPSA) is 3.24 Å². The van der Waals surface area contributed by atoms with Gasteiger partial charge in [0, 0.05) is 12.7 Å². The monoisotopic (exact) mass is 283 g/mol. The highest BCUT2D eigenvalue weighted by Gasteiger charge is 2.15. The Hall–Kier alpha value is -1.76. The van der Waals surface area contributed by atoms with Gasteiger partial charge in [-0.25, -0.2) is 0 Å². The van der Waals surface area contributed by atoms with E-state index in [-0.39, 0.29) is 6.04 Å². The minimum Gasteiger partial charge on any atom is -0.372 e. The fraction of sp³-hybridized carbons (Fsp3) is 0.400. The maximum atomic E-state index is 4.30. The second-order valence-electron chi connectivity index (χ2n) is 5.70. The molecule has 0 fully saturated rings. The number of hydrogen-bond acceptors (Lipinski definition) is 1. The molecule has 1 unspecified atom stereocenters. The molecule has 1 heteroatoms. The molecule has 0 aliphatic rings. The predicted octanol–water partition coefficient (Wildman–Crippen LogP) is 5.37. The van der Waals surface area contributed by atoms with Crippen LogP contribution in [-0.4, -0.2) is 18.0 Å². The third kappa shape index (κ3) is 4.35. The highest BCUT2D eigenvalue weighted by atomic mass is 15.1. The summed E-state index contributed by atoms with van der Waals surface area (Å²) in [6.45, 7) is 18.7. The summed E-state index contributed by atoms with van der Waals surface area (Å²) in [5, 5.41) is 0. The Kier molecular flexibility index (Phi) is 6.48. The van der Waals surface area contributed by atoms with Crippen LogP contribution in [0.4, 0.5) is 0 Å². The summed E-state index contributed by atoms with van der Waals surface area (Å²) in [4.78, 5) is 2.21. The molecule has 0 saturated carbocycles. The van der Waals surface area contributed by atoms with Crippen LogP contribution in [0.2, 0.25) is 0 Å². The van der Waals surface area contributed by atoms with Crippen LogP contribution in [0.3, 0.4) is 0 Å². The predicted molar refractivity (Wildman–Crippen MR) is 95.4 cm³/mol. The van der Waals surface area contributed by atoms with Crippen LogP contribution in [0.25, 0.3) is 5.57 Å². The van der Waals surface area contributed by atoms with E-state index in [4.69, 9.17) is 0 Å². The lowest BCUT2D eigenvalue weighted by atomic mass is 9.94. The molecule has 21 heavy (non-hydrogen) atoms. The standard InChI is InChI=1S/C20H29N/c1-8-10-11-19-12-13-20(14-15(19)3)17(5)18(6)21(7)16(4)9-2/h8,12-14,18H,1,4-5,9-11H2,2-3,6-7H3. The molecule has 1 aromatic rings. The summed E-state index contributed by atoms with van der Waals surface area (Å²) < 4.78 is 0. The van der Waals surface area contributed by atoms with E-state index in [2.05, 4.69) is 70.7 Å². The summed E-state index contributed by atoms with van der Waals surface area (Å²) in [5.41, 5.74) is 6.23. The van der Waals surface area contributed by atoms with Crippen molar-refractivity contribution in [3.05, 3.63) is 66.4 Å². The maximum absolute atomic E-state index is 4.30. The molecule has 1 rings (SSSR count). The first-order valence-corrected chi connectivity index (χ1v) is 7.72. The van der Waals surface area contributed by atoms with Gasteiger partial charge in [0.25, 0.3) is 0 Å². The summed E-state index contributed by atoms with van der Waals surface area (Å²) in [6.07, 6.45) is 5.02. The molecular formula is C20H29N. The van der Waals surface area contributed by atoms with E-state index in [0.29, 0.717) is 0 Å². The van der Waals surface area contributed by atoms with E-state index < -0.39 is 0 Å². The number of benzene rings is 1. The highest BCUT2D eigenvalue weighted by Crippen LogP contribution is 2.25. The second-order valence-corrected chi connectivity index (χ2v) is 5.70. The van der Waals surface area contributed by atoms with Crippen molar-refractivity contribution >= 4 is 5.57 Å². The van der Waals surface area contributed by atoms with E-state index in [0.717, 1.165) is 30.5 Å². The van der Waals surface area contributed by atoms with Crippen LogP contribution in [-0.2, 0) is 6.42 Å². The molecule has 1 aromatic carbocycles. The molecule has 0 spiro atoms. The molecule has 1 nitrogen and oxygen atoms in total. The maximum Gasteiger partial charge on any atom is 0.0507 e. The van der Waals surface area contributed by atoms with Crippen molar-refractivity contribution in [1.82, 2.24) is 4.90 Å². The average molecular weight is 283 g/mol. The van der Waals surface area contributed by atoms with E-state index >= 15 is 0 Å². The highest BCUT2D eigenvalue weighted by molar-refractivity contribution is 5.68. The van der Waals surface area contributed by atoms with Gasteiger partial charge in [-0.2, -0.15) is 0 Å². The van der Waals surface area contributed by atoms with Crippen molar-refractivity contribution < 1.29 is 0 Å². The number of allylic oxidation sites excluding steroid dienone is 2. The van der Waals surface area contributed by atoms with Crippen molar-refractivity contribution in [3.63, 3.8) is 0 Å². The normalized spacial score (nSPS) is 11.8.